The molecule has 0 aromatic heterocycles. The van der Waals surface area contributed by atoms with Crippen LogP contribution in [0.5, 0.6) is 0 Å². The van der Waals surface area contributed by atoms with Crippen molar-refractivity contribution in [3.8, 4) is 0 Å². The van der Waals surface area contributed by atoms with Crippen LogP contribution in [0.2, 0.25) is 0 Å². The number of carbonyl (C=O) groups excluding carboxylic acids is 1. The van der Waals surface area contributed by atoms with Crippen LogP contribution in [0.4, 0.5) is 0 Å². The van der Waals surface area contributed by atoms with E-state index in [0.717, 1.165) is 5.56 Å². The number of rotatable bonds is 7. The zero-order chi connectivity index (χ0) is 16.7. The second-order valence-corrected chi connectivity index (χ2v) is 5.76. The van der Waals surface area contributed by atoms with Gasteiger partial charge in [-0.25, -0.2) is 0 Å². The molecule has 1 amide bonds. The predicted molar refractivity (Wildman–Crippen MR) is 87.1 cm³/mol. The number of nitrogens with zero attached hydrogens (tertiary/aromatic N) is 1. The average Bonchev–Trinajstić information content (AvgIpc) is 2.59. The Bertz CT molecular complexity index is 483. The molecule has 0 radical (unpaired) electrons. The molecule has 1 aromatic rings. The second-order valence-electron chi connectivity index (χ2n) is 5.76. The summed E-state index contributed by atoms with van der Waals surface area (Å²) in [6, 6.07) is 9.84. The third-order valence-electron chi connectivity index (χ3n) is 4.18. The summed E-state index contributed by atoms with van der Waals surface area (Å²) in [4.78, 5) is 14.1. The minimum atomic E-state index is -0.117. The van der Waals surface area contributed by atoms with E-state index in [4.69, 9.17) is 14.2 Å². The molecule has 1 N–H and O–H groups in total. The molecule has 0 saturated carbocycles. The van der Waals surface area contributed by atoms with Crippen LogP contribution >= 0.6 is 0 Å². The number of likely N-dealkylation sites (N-methyl/N-ethyl adjacent to an activating group) is 1. The highest BCUT2D eigenvalue weighted by Gasteiger charge is 2.37. The molecule has 1 heterocycles. The number of methoxy groups -OCH3 is 2. The maximum atomic E-state index is 12.1. The van der Waals surface area contributed by atoms with E-state index in [9.17, 15) is 4.79 Å². The van der Waals surface area contributed by atoms with Crippen LogP contribution in [-0.2, 0) is 25.5 Å². The van der Waals surface area contributed by atoms with E-state index in [1.54, 1.807) is 14.2 Å². The summed E-state index contributed by atoms with van der Waals surface area (Å²) in [5.41, 5.74) is 1.08. The van der Waals surface area contributed by atoms with Gasteiger partial charge in [0, 0.05) is 20.8 Å². The Morgan fingerprint density at radius 3 is 2.65 bits per heavy atom. The van der Waals surface area contributed by atoms with Crippen molar-refractivity contribution in [2.45, 2.75) is 24.8 Å². The zero-order valence-corrected chi connectivity index (χ0v) is 14.0. The molecule has 2 rings (SSSR count). The Hall–Kier alpha value is -1.47. The quantitative estimate of drug-likeness (QED) is 0.799. The van der Waals surface area contributed by atoms with Gasteiger partial charge in [-0.2, -0.15) is 0 Å². The van der Waals surface area contributed by atoms with Gasteiger partial charge in [-0.3, -0.25) is 9.69 Å². The molecule has 0 unspecified atom stereocenters. The molecule has 128 valence electrons. The first-order valence-corrected chi connectivity index (χ1v) is 7.80. The van der Waals surface area contributed by atoms with Crippen molar-refractivity contribution in [2.75, 3.05) is 41.0 Å². The van der Waals surface area contributed by atoms with Gasteiger partial charge in [-0.05, 0) is 12.6 Å². The number of ether oxygens (including phenoxy) is 3. The van der Waals surface area contributed by atoms with Gasteiger partial charge >= 0.3 is 0 Å². The third-order valence-corrected chi connectivity index (χ3v) is 4.18. The summed E-state index contributed by atoms with van der Waals surface area (Å²) in [5, 5.41) is 2.93. The molecule has 6 heteroatoms. The van der Waals surface area contributed by atoms with Crippen LogP contribution in [0.1, 0.15) is 5.56 Å². The van der Waals surface area contributed by atoms with Gasteiger partial charge in [0.15, 0.2) is 0 Å². The molecule has 0 aliphatic carbocycles. The van der Waals surface area contributed by atoms with Crippen LogP contribution in [-0.4, -0.2) is 70.1 Å². The van der Waals surface area contributed by atoms with Gasteiger partial charge in [0.25, 0.3) is 0 Å². The molecule has 3 atom stereocenters. The summed E-state index contributed by atoms with van der Waals surface area (Å²) in [5.74, 6) is -0.0225. The minimum Gasteiger partial charge on any atom is -0.377 e. The minimum absolute atomic E-state index is 0.0128. The molecular weight excluding hydrogens is 296 g/mol. The highest BCUT2D eigenvalue weighted by molar-refractivity contribution is 5.78. The van der Waals surface area contributed by atoms with Gasteiger partial charge in [0.2, 0.25) is 5.91 Å². The Morgan fingerprint density at radius 1 is 1.26 bits per heavy atom. The molecule has 1 aromatic carbocycles. The molecule has 1 aliphatic rings. The number of amides is 1. The van der Waals surface area contributed by atoms with Gasteiger partial charge in [0.05, 0.1) is 25.8 Å². The molecule has 6 nitrogen and oxygen atoms in total. The van der Waals surface area contributed by atoms with E-state index in [1.165, 1.54) is 0 Å². The molecular formula is C17H26N2O4. The summed E-state index contributed by atoms with van der Waals surface area (Å²) in [6.07, 6.45) is -0.228. The van der Waals surface area contributed by atoms with Crippen molar-refractivity contribution >= 4 is 5.91 Å². The van der Waals surface area contributed by atoms with E-state index < -0.39 is 0 Å². The fourth-order valence-corrected chi connectivity index (χ4v) is 2.83. The van der Waals surface area contributed by atoms with E-state index in [2.05, 4.69) is 5.32 Å². The third kappa shape index (κ3) is 5.00. The number of benzene rings is 1. The monoisotopic (exact) mass is 322 g/mol. The summed E-state index contributed by atoms with van der Waals surface area (Å²) in [6.45, 7) is 1.86. The van der Waals surface area contributed by atoms with Crippen LogP contribution in [0.25, 0.3) is 0 Å². The summed E-state index contributed by atoms with van der Waals surface area (Å²) < 4.78 is 16.5. The highest BCUT2D eigenvalue weighted by atomic mass is 16.6. The number of hydrogen-bond acceptors (Lipinski definition) is 5. The van der Waals surface area contributed by atoms with Crippen LogP contribution < -0.4 is 5.32 Å². The van der Waals surface area contributed by atoms with E-state index in [0.29, 0.717) is 19.8 Å². The fourth-order valence-electron chi connectivity index (χ4n) is 2.83. The van der Waals surface area contributed by atoms with Crippen molar-refractivity contribution < 1.29 is 19.0 Å². The van der Waals surface area contributed by atoms with Crippen molar-refractivity contribution in [3.63, 3.8) is 0 Å². The highest BCUT2D eigenvalue weighted by Crippen LogP contribution is 2.18. The number of nitrogens with one attached hydrogen (secondary N) is 1. The summed E-state index contributed by atoms with van der Waals surface area (Å²) in [7, 11) is 5.22. The van der Waals surface area contributed by atoms with Gasteiger partial charge in [-0.15, -0.1) is 0 Å². The first-order valence-electron chi connectivity index (χ1n) is 7.80. The Balaban J connectivity index is 1.84. The first kappa shape index (κ1) is 17.9. The standard InChI is InChI=1S/C17H26N2O4/c1-19(14-11-23-12-15(21-2)17(14)22-3)10-16(20)18-9-13-7-5-4-6-8-13/h4-8,14-15,17H,9-12H2,1-3H3,(H,18,20)/t14-,15-,17+/m1/s1. The van der Waals surface area contributed by atoms with E-state index >= 15 is 0 Å². The maximum Gasteiger partial charge on any atom is 0.234 e. The normalized spacial score (nSPS) is 24.6. The number of hydrogen-bond donors (Lipinski definition) is 1. The SMILES string of the molecule is CO[C@H]1[C@H](N(C)CC(=O)NCc2ccccc2)COC[C@H]1OC. The van der Waals surface area contributed by atoms with Crippen molar-refractivity contribution in [3.05, 3.63) is 35.9 Å². The van der Waals surface area contributed by atoms with Crippen LogP contribution in [0.15, 0.2) is 30.3 Å². The Morgan fingerprint density at radius 2 is 2.00 bits per heavy atom. The lowest BCUT2D eigenvalue weighted by molar-refractivity contribution is -0.155. The van der Waals surface area contributed by atoms with Gasteiger partial charge in [0.1, 0.15) is 12.2 Å². The maximum absolute atomic E-state index is 12.1. The predicted octanol–water partition coefficient (Wildman–Crippen LogP) is 0.663. The van der Waals surface area contributed by atoms with Crippen LogP contribution in [0.3, 0.4) is 0 Å². The second kappa shape index (κ2) is 8.98. The average molecular weight is 322 g/mol. The molecule has 1 saturated heterocycles. The fraction of sp³-hybridized carbons (Fsp3) is 0.588. The largest absolute Gasteiger partial charge is 0.377 e. The van der Waals surface area contributed by atoms with Gasteiger partial charge in [-0.1, -0.05) is 30.3 Å². The first-order chi connectivity index (χ1) is 11.2. The smallest absolute Gasteiger partial charge is 0.234 e. The van der Waals surface area contributed by atoms with Gasteiger partial charge < -0.3 is 19.5 Å². The summed E-state index contributed by atoms with van der Waals surface area (Å²) >= 11 is 0. The molecule has 23 heavy (non-hydrogen) atoms. The Kier molecular flexibility index (Phi) is 6.98. The van der Waals surface area contributed by atoms with E-state index in [1.807, 2.05) is 42.3 Å². The topological polar surface area (TPSA) is 60.0 Å². The Labute approximate surface area is 137 Å². The molecule has 0 bridgehead atoms. The van der Waals surface area contributed by atoms with E-state index in [-0.39, 0.29) is 30.7 Å². The van der Waals surface area contributed by atoms with Crippen molar-refractivity contribution in [2.24, 2.45) is 0 Å². The lowest BCUT2D eigenvalue weighted by Crippen LogP contribution is -2.57. The molecule has 1 aliphatic heterocycles. The zero-order valence-electron chi connectivity index (χ0n) is 14.0. The van der Waals surface area contributed by atoms with Crippen molar-refractivity contribution in [1.29, 1.82) is 0 Å². The lowest BCUT2D eigenvalue weighted by atomic mass is 10.0. The molecule has 0 spiro atoms. The van der Waals surface area contributed by atoms with Crippen LogP contribution in [0, 0.1) is 0 Å². The van der Waals surface area contributed by atoms with Crippen molar-refractivity contribution in [1.82, 2.24) is 10.2 Å². The molecule has 1 fully saturated rings. The lowest BCUT2D eigenvalue weighted by Gasteiger charge is -2.40. The number of carbonyl (C=O) groups is 1.